The van der Waals surface area contributed by atoms with E-state index in [-0.39, 0.29) is 17.9 Å². The van der Waals surface area contributed by atoms with Gasteiger partial charge in [0.15, 0.2) is 0 Å². The number of esters is 1. The normalized spacial score (nSPS) is 26.7. The van der Waals surface area contributed by atoms with Gasteiger partial charge >= 0.3 is 5.97 Å². The highest BCUT2D eigenvalue weighted by Crippen LogP contribution is 2.61. The molecule has 1 amide bonds. The van der Waals surface area contributed by atoms with Crippen molar-refractivity contribution in [1.82, 2.24) is 0 Å². The maximum Gasteiger partial charge on any atom is 0.338 e. The Hall–Kier alpha value is -3.12. The van der Waals surface area contributed by atoms with Crippen LogP contribution in [0.3, 0.4) is 0 Å². The molecule has 2 aromatic rings. The van der Waals surface area contributed by atoms with Crippen LogP contribution in [-0.2, 0) is 10.2 Å². The van der Waals surface area contributed by atoms with Gasteiger partial charge in [-0.15, -0.1) is 0 Å². The Morgan fingerprint density at radius 1 is 1.03 bits per heavy atom. The predicted octanol–water partition coefficient (Wildman–Crippen LogP) is 5.03. The molecule has 0 radical (unpaired) electrons. The minimum Gasteiger partial charge on any atom is -0.496 e. The summed E-state index contributed by atoms with van der Waals surface area (Å²) in [5, 5.41) is 1.13. The highest BCUT2D eigenvalue weighted by Gasteiger charge is 2.52. The van der Waals surface area contributed by atoms with Crippen LogP contribution in [0.25, 0.3) is 0 Å². The van der Waals surface area contributed by atoms with Gasteiger partial charge < -0.3 is 9.47 Å². The summed E-state index contributed by atoms with van der Waals surface area (Å²) in [6, 6.07) is 12.2. The third-order valence-electron chi connectivity index (χ3n) is 7.99. The number of methoxy groups -OCH3 is 1. The Morgan fingerprint density at radius 2 is 1.62 bits per heavy atom. The third-order valence-corrected chi connectivity index (χ3v) is 7.99. The average Bonchev–Trinajstić information content (AvgIpc) is 2.85. The molecule has 0 saturated heterocycles. The molecule has 6 nitrogen and oxygen atoms in total. The lowest BCUT2D eigenvalue weighted by molar-refractivity contribution is -0.00617. The van der Waals surface area contributed by atoms with E-state index in [1.807, 2.05) is 12.1 Å². The maximum atomic E-state index is 13.3. The molecule has 0 unspecified atom stereocenters. The van der Waals surface area contributed by atoms with E-state index < -0.39 is 5.97 Å². The Morgan fingerprint density at radius 3 is 2.18 bits per heavy atom. The van der Waals surface area contributed by atoms with E-state index in [9.17, 15) is 9.59 Å². The zero-order valence-electron chi connectivity index (χ0n) is 19.7. The first-order valence-corrected chi connectivity index (χ1v) is 12.1. The highest BCUT2D eigenvalue weighted by atomic mass is 16.5. The van der Waals surface area contributed by atoms with Crippen molar-refractivity contribution in [2.45, 2.75) is 43.9 Å². The Bertz CT molecular complexity index is 1070. The van der Waals surface area contributed by atoms with Gasteiger partial charge in [-0.2, -0.15) is 0 Å². The Balaban J connectivity index is 1.39. The molecule has 2 N–H and O–H groups in total. The highest BCUT2D eigenvalue weighted by molar-refractivity contribution is 6.05. The first kappa shape index (κ1) is 22.7. The average molecular weight is 461 g/mol. The van der Waals surface area contributed by atoms with Crippen molar-refractivity contribution >= 4 is 17.6 Å². The zero-order chi connectivity index (χ0) is 23.9. The molecule has 4 aliphatic carbocycles. The summed E-state index contributed by atoms with van der Waals surface area (Å²) >= 11 is 0. The van der Waals surface area contributed by atoms with Crippen molar-refractivity contribution < 1.29 is 19.1 Å². The third kappa shape index (κ3) is 4.00. The van der Waals surface area contributed by atoms with Gasteiger partial charge in [0.2, 0.25) is 0 Å². The quantitative estimate of drug-likeness (QED) is 0.206. The van der Waals surface area contributed by atoms with E-state index in [4.69, 9.17) is 15.3 Å². The molecule has 6 rings (SSSR count). The Labute approximate surface area is 200 Å². The van der Waals surface area contributed by atoms with Crippen molar-refractivity contribution in [3.8, 4) is 5.75 Å². The van der Waals surface area contributed by atoms with Crippen molar-refractivity contribution in [1.29, 1.82) is 0 Å². The van der Waals surface area contributed by atoms with E-state index in [2.05, 4.69) is 6.58 Å². The number of ether oxygens (including phenoxy) is 2. The van der Waals surface area contributed by atoms with Crippen LogP contribution in [0, 0.1) is 17.8 Å². The van der Waals surface area contributed by atoms with Crippen molar-refractivity contribution in [2.24, 2.45) is 23.6 Å². The van der Waals surface area contributed by atoms with Crippen LogP contribution in [0.15, 0.2) is 55.1 Å². The van der Waals surface area contributed by atoms with Gasteiger partial charge in [-0.25, -0.2) is 15.6 Å². The first-order chi connectivity index (χ1) is 16.4. The van der Waals surface area contributed by atoms with Gasteiger partial charge in [0.25, 0.3) is 5.91 Å². The number of nitrogens with zero attached hydrogens (tertiary/aromatic N) is 1. The molecule has 0 atom stereocenters. The molecule has 0 aliphatic heterocycles. The Kier molecular flexibility index (Phi) is 5.94. The van der Waals surface area contributed by atoms with Crippen molar-refractivity contribution in [3.63, 3.8) is 0 Å². The number of hydrogen-bond donors (Lipinski definition) is 1. The van der Waals surface area contributed by atoms with Gasteiger partial charge in [0.05, 0.1) is 18.4 Å². The van der Waals surface area contributed by atoms with Crippen LogP contribution in [0.1, 0.15) is 64.8 Å². The summed E-state index contributed by atoms with van der Waals surface area (Å²) in [6.07, 6.45) is 9.13. The maximum absolute atomic E-state index is 13.3. The van der Waals surface area contributed by atoms with Gasteiger partial charge in [-0.3, -0.25) is 4.79 Å². The minimum atomic E-state index is -0.447. The molecule has 4 saturated carbocycles. The van der Waals surface area contributed by atoms with Crippen LogP contribution >= 0.6 is 0 Å². The summed E-state index contributed by atoms with van der Waals surface area (Å²) in [6.45, 7) is 3.68. The summed E-state index contributed by atoms with van der Waals surface area (Å²) in [5.41, 5.74) is 2.69. The summed E-state index contributed by atoms with van der Waals surface area (Å²) in [7, 11) is 1.71. The topological polar surface area (TPSA) is 81.9 Å². The van der Waals surface area contributed by atoms with Crippen LogP contribution in [0.5, 0.6) is 5.75 Å². The predicted molar refractivity (Wildman–Crippen MR) is 131 cm³/mol. The lowest BCUT2D eigenvalue weighted by Gasteiger charge is -2.57. The lowest BCUT2D eigenvalue weighted by atomic mass is 9.48. The fourth-order valence-electron chi connectivity index (χ4n) is 6.93. The monoisotopic (exact) mass is 460 g/mol. The van der Waals surface area contributed by atoms with Gasteiger partial charge in [0.1, 0.15) is 12.4 Å². The summed E-state index contributed by atoms with van der Waals surface area (Å²) in [4.78, 5) is 25.3. The van der Waals surface area contributed by atoms with E-state index >= 15 is 0 Å². The summed E-state index contributed by atoms with van der Waals surface area (Å²) < 4.78 is 10.8. The minimum absolute atomic E-state index is 0.100. The van der Waals surface area contributed by atoms with Crippen LogP contribution < -0.4 is 15.6 Å². The molecule has 0 aromatic heterocycles. The fraction of sp³-hybridized carbons (Fsp3) is 0.429. The lowest BCUT2D eigenvalue weighted by Crippen LogP contribution is -2.48. The molecule has 4 bridgehead atoms. The second kappa shape index (κ2) is 8.91. The van der Waals surface area contributed by atoms with E-state index in [0.717, 1.165) is 34.1 Å². The molecule has 178 valence electrons. The molecular weight excluding hydrogens is 428 g/mol. The van der Waals surface area contributed by atoms with Gasteiger partial charge in [-0.1, -0.05) is 12.7 Å². The molecule has 2 aromatic carbocycles. The summed E-state index contributed by atoms with van der Waals surface area (Å²) in [5.74, 6) is 8.72. The SMILES string of the molecule is C=CCOC(=O)c1ccc(N(N)C(=O)c2ccc(OC)c(C34CC5CC(CC(C5)C3)C4)c2)cc1. The number of anilines is 1. The largest absolute Gasteiger partial charge is 0.496 e. The van der Waals surface area contributed by atoms with Crippen molar-refractivity contribution in [2.75, 3.05) is 18.7 Å². The number of benzene rings is 2. The molecule has 4 aliphatic rings. The van der Waals surface area contributed by atoms with Crippen LogP contribution in [0.2, 0.25) is 0 Å². The second-order valence-corrected chi connectivity index (χ2v) is 10.2. The molecule has 6 heteroatoms. The van der Waals surface area contributed by atoms with Gasteiger partial charge in [-0.05, 0) is 104 Å². The standard InChI is InChI=1S/C28H32N2O4/c1-3-10-34-27(32)21-4-7-23(8-5-21)30(29)26(31)22-6-9-25(33-2)24(14-22)28-15-18-11-19(16-28)13-20(12-18)17-28/h3-9,14,18-20H,1,10-13,15-17,29H2,2H3. The number of carbonyl (C=O) groups excluding carboxylic acids is 2. The molecule has 0 heterocycles. The van der Waals surface area contributed by atoms with Crippen LogP contribution in [0.4, 0.5) is 5.69 Å². The number of carbonyl (C=O) groups is 2. The van der Waals surface area contributed by atoms with E-state index in [0.29, 0.717) is 16.8 Å². The molecular formula is C28H32N2O4. The first-order valence-electron chi connectivity index (χ1n) is 12.1. The van der Waals surface area contributed by atoms with E-state index in [1.165, 1.54) is 44.6 Å². The van der Waals surface area contributed by atoms with Crippen LogP contribution in [-0.4, -0.2) is 25.6 Å². The molecule has 4 fully saturated rings. The fourth-order valence-corrected chi connectivity index (χ4v) is 6.93. The van der Waals surface area contributed by atoms with Gasteiger partial charge in [0, 0.05) is 11.1 Å². The van der Waals surface area contributed by atoms with Crippen molar-refractivity contribution in [3.05, 3.63) is 71.8 Å². The van der Waals surface area contributed by atoms with E-state index in [1.54, 1.807) is 37.4 Å². The smallest absolute Gasteiger partial charge is 0.338 e. The number of rotatable bonds is 7. The number of nitrogens with two attached hydrogens (primary N) is 1. The second-order valence-electron chi connectivity index (χ2n) is 10.2. The zero-order valence-corrected chi connectivity index (χ0v) is 19.7. The molecule has 0 spiro atoms. The number of amides is 1. The number of hydrazine groups is 1. The number of hydrogen-bond acceptors (Lipinski definition) is 5. The molecule has 34 heavy (non-hydrogen) atoms.